The van der Waals surface area contributed by atoms with E-state index in [1.807, 2.05) is 28.5 Å². The third-order valence-corrected chi connectivity index (χ3v) is 11.3. The fourth-order valence-electron chi connectivity index (χ4n) is 7.16. The van der Waals surface area contributed by atoms with Crippen LogP contribution in [-0.4, -0.2) is 78.7 Å². The number of anilines is 3. The third kappa shape index (κ3) is 8.46. The van der Waals surface area contributed by atoms with Gasteiger partial charge in [-0.25, -0.2) is 0 Å². The molecule has 47 heavy (non-hydrogen) atoms. The van der Waals surface area contributed by atoms with E-state index in [1.165, 1.54) is 5.56 Å². The highest BCUT2D eigenvalue weighted by atomic mass is 35.5. The van der Waals surface area contributed by atoms with Crippen molar-refractivity contribution >= 4 is 51.8 Å². The Labute approximate surface area is 287 Å². The highest BCUT2D eigenvalue weighted by molar-refractivity contribution is 7.08. The summed E-state index contributed by atoms with van der Waals surface area (Å²) in [5, 5.41) is 7.87. The number of carbonyl (C=O) groups excluding carboxylic acids is 2. The van der Waals surface area contributed by atoms with Crippen LogP contribution in [-0.2, 0) is 33.6 Å². The Bertz CT molecular complexity index is 1500. The van der Waals surface area contributed by atoms with Gasteiger partial charge in [0.2, 0.25) is 5.91 Å². The van der Waals surface area contributed by atoms with Gasteiger partial charge < -0.3 is 25.6 Å². The predicted molar refractivity (Wildman–Crippen MR) is 190 cm³/mol. The first-order valence-electron chi connectivity index (χ1n) is 17.1. The molecule has 2 atom stereocenters. The molecule has 11 heteroatoms. The molecule has 252 valence electrons. The molecule has 0 saturated carbocycles. The summed E-state index contributed by atoms with van der Waals surface area (Å²) in [7, 11) is 0. The molecule has 0 bridgehead atoms. The lowest BCUT2D eigenvalue weighted by molar-refractivity contribution is -0.148. The number of benzene rings is 1. The molecule has 2 saturated heterocycles. The number of carbonyl (C=O) groups is 2. The maximum absolute atomic E-state index is 14.0. The van der Waals surface area contributed by atoms with E-state index in [1.54, 1.807) is 23.7 Å². The van der Waals surface area contributed by atoms with Gasteiger partial charge in [-0.2, -0.15) is 0 Å². The van der Waals surface area contributed by atoms with E-state index >= 15 is 0 Å². The van der Waals surface area contributed by atoms with Crippen LogP contribution in [0.15, 0.2) is 47.4 Å². The van der Waals surface area contributed by atoms with E-state index in [9.17, 15) is 9.59 Å². The molecule has 0 aliphatic carbocycles. The Morgan fingerprint density at radius 3 is 2.60 bits per heavy atom. The van der Waals surface area contributed by atoms with Gasteiger partial charge >= 0.3 is 0 Å². The average Bonchev–Trinajstić information content (AvgIpc) is 3.48. The number of pyridine rings is 1. The summed E-state index contributed by atoms with van der Waals surface area (Å²) in [6.45, 7) is 7.14. The summed E-state index contributed by atoms with van der Waals surface area (Å²) in [5.41, 5.74) is 12.2. The van der Waals surface area contributed by atoms with Gasteiger partial charge in [0.25, 0.3) is 5.91 Å². The summed E-state index contributed by atoms with van der Waals surface area (Å²) in [4.78, 5) is 37.5. The Morgan fingerprint density at radius 1 is 1.09 bits per heavy atom. The maximum atomic E-state index is 14.0. The molecule has 3 aliphatic rings. The van der Waals surface area contributed by atoms with Crippen molar-refractivity contribution in [1.29, 1.82) is 0 Å². The zero-order valence-corrected chi connectivity index (χ0v) is 28.9. The number of nitrogens with two attached hydrogens (primary N) is 1. The standard InChI is InChI=1S/C36H47ClN6O3S/c1-2-27-19-26(20-31(37)34(27)38)21-33(36(45)43-17-15-42(16-18-43)30-7-11-39-12-8-30)46-24-41-13-9-25(10-14-41)3-4-28-5-6-29-22-47-23-32(29)40-35(28)44/h7-8,11-12,19-20,22-23,25,28,33H,2-6,9-10,13-18,21,24,38H2,1H3,(H,40,44)/t28?,33-/m1/s1. The quantitative estimate of drug-likeness (QED) is 0.245. The highest BCUT2D eigenvalue weighted by Crippen LogP contribution is 2.32. The van der Waals surface area contributed by atoms with E-state index in [0.717, 1.165) is 93.6 Å². The zero-order valence-electron chi connectivity index (χ0n) is 27.3. The first kappa shape index (κ1) is 33.7. The number of nitrogen functional groups attached to an aromatic ring is 1. The molecule has 3 aromatic rings. The van der Waals surface area contributed by atoms with Crippen molar-refractivity contribution in [3.05, 3.63) is 69.1 Å². The molecule has 2 aromatic heterocycles. The van der Waals surface area contributed by atoms with Crippen LogP contribution < -0.4 is 16.0 Å². The van der Waals surface area contributed by atoms with Gasteiger partial charge in [0.05, 0.1) is 16.4 Å². The second-order valence-corrected chi connectivity index (χ2v) is 14.3. The number of ether oxygens (including phenoxy) is 1. The number of aryl methyl sites for hydroxylation is 2. The van der Waals surface area contributed by atoms with E-state index in [0.29, 0.717) is 42.9 Å². The highest BCUT2D eigenvalue weighted by Gasteiger charge is 2.31. The monoisotopic (exact) mass is 678 g/mol. The molecule has 1 unspecified atom stereocenters. The number of hydrogen-bond donors (Lipinski definition) is 2. The number of thiophene rings is 1. The van der Waals surface area contributed by atoms with Crippen LogP contribution >= 0.6 is 22.9 Å². The molecule has 3 N–H and O–H groups in total. The van der Waals surface area contributed by atoms with Crippen LogP contribution in [0.4, 0.5) is 17.1 Å². The summed E-state index contributed by atoms with van der Waals surface area (Å²) in [6, 6.07) is 7.96. The fourth-order valence-corrected chi connectivity index (χ4v) is 8.24. The SMILES string of the molecule is CCc1cc(C[C@@H](OCN2CCC(CCC3CCc4cscc4NC3=O)CC2)C(=O)N2CCN(c3ccncc3)CC2)cc(Cl)c1N. The second-order valence-electron chi connectivity index (χ2n) is 13.2. The lowest BCUT2D eigenvalue weighted by atomic mass is 9.87. The van der Waals surface area contributed by atoms with Gasteiger partial charge in [-0.05, 0) is 91.1 Å². The first-order valence-corrected chi connectivity index (χ1v) is 18.4. The van der Waals surface area contributed by atoms with Crippen molar-refractivity contribution in [3.8, 4) is 0 Å². The molecular weight excluding hydrogens is 632 g/mol. The number of halogens is 1. The minimum atomic E-state index is -0.610. The molecule has 3 aliphatic heterocycles. The van der Waals surface area contributed by atoms with Crippen molar-refractivity contribution in [3.63, 3.8) is 0 Å². The first-order chi connectivity index (χ1) is 22.9. The van der Waals surface area contributed by atoms with Gasteiger partial charge in [0.1, 0.15) is 12.8 Å². The molecule has 2 amide bonds. The number of fused-ring (bicyclic) bond motifs is 1. The summed E-state index contributed by atoms with van der Waals surface area (Å²) in [5.74, 6) is 0.892. The third-order valence-electron chi connectivity index (χ3n) is 10.2. The molecule has 0 radical (unpaired) electrons. The summed E-state index contributed by atoms with van der Waals surface area (Å²) >= 11 is 8.16. The number of nitrogens with one attached hydrogen (secondary N) is 1. The normalized spacial score (nSPS) is 20.0. The average molecular weight is 679 g/mol. The summed E-state index contributed by atoms with van der Waals surface area (Å²) < 4.78 is 6.48. The Hall–Kier alpha value is -3.18. The van der Waals surface area contributed by atoms with Gasteiger partial charge in [0.15, 0.2) is 0 Å². The lowest BCUT2D eigenvalue weighted by Gasteiger charge is -2.38. The van der Waals surface area contributed by atoms with Crippen molar-refractivity contribution in [1.82, 2.24) is 14.8 Å². The zero-order chi connectivity index (χ0) is 32.8. The van der Waals surface area contributed by atoms with E-state index in [4.69, 9.17) is 22.1 Å². The van der Waals surface area contributed by atoms with Crippen LogP contribution in [0, 0.1) is 11.8 Å². The van der Waals surface area contributed by atoms with E-state index in [-0.39, 0.29) is 17.7 Å². The molecule has 5 heterocycles. The smallest absolute Gasteiger partial charge is 0.252 e. The number of nitrogens with zero attached hydrogens (tertiary/aromatic N) is 4. The number of rotatable bonds is 11. The summed E-state index contributed by atoms with van der Waals surface area (Å²) in [6.07, 6.45) is 10.3. The van der Waals surface area contributed by atoms with Gasteiger partial charge in [-0.1, -0.05) is 24.6 Å². The largest absolute Gasteiger partial charge is 0.397 e. The number of likely N-dealkylation sites (tertiary alicyclic amines) is 1. The van der Waals surface area contributed by atoms with Crippen molar-refractivity contribution in [2.75, 3.05) is 61.9 Å². The van der Waals surface area contributed by atoms with Crippen molar-refractivity contribution < 1.29 is 14.3 Å². The number of piperidine rings is 1. The predicted octanol–water partition coefficient (Wildman–Crippen LogP) is 5.87. The second kappa shape index (κ2) is 15.8. The van der Waals surface area contributed by atoms with Crippen molar-refractivity contribution in [2.45, 2.75) is 64.4 Å². The molecule has 1 aromatic carbocycles. The van der Waals surface area contributed by atoms with Crippen LogP contribution in [0.3, 0.4) is 0 Å². The van der Waals surface area contributed by atoms with E-state index < -0.39 is 6.10 Å². The molecule has 0 spiro atoms. The molecule has 9 nitrogen and oxygen atoms in total. The topological polar surface area (TPSA) is 104 Å². The van der Waals surface area contributed by atoms with Gasteiger partial charge in [-0.3, -0.25) is 19.5 Å². The number of amides is 2. The van der Waals surface area contributed by atoms with Crippen LogP contribution in [0.5, 0.6) is 0 Å². The Morgan fingerprint density at radius 2 is 1.85 bits per heavy atom. The lowest BCUT2D eigenvalue weighted by Crippen LogP contribution is -2.52. The fraction of sp³-hybridized carbons (Fsp3) is 0.528. The maximum Gasteiger partial charge on any atom is 0.252 e. The van der Waals surface area contributed by atoms with Crippen molar-refractivity contribution in [2.24, 2.45) is 11.8 Å². The van der Waals surface area contributed by atoms with Crippen LogP contribution in [0.25, 0.3) is 0 Å². The van der Waals surface area contributed by atoms with Crippen LogP contribution in [0.2, 0.25) is 5.02 Å². The van der Waals surface area contributed by atoms with E-state index in [2.05, 4.69) is 38.5 Å². The number of aromatic nitrogens is 1. The van der Waals surface area contributed by atoms with Gasteiger partial charge in [-0.15, -0.1) is 11.3 Å². The molecular formula is C36H47ClN6O3S. The Balaban J connectivity index is 1.02. The molecule has 2 fully saturated rings. The molecule has 6 rings (SSSR count). The Kier molecular flexibility index (Phi) is 11.3. The van der Waals surface area contributed by atoms with Gasteiger partial charge in [0, 0.05) is 75.1 Å². The number of hydrogen-bond acceptors (Lipinski definition) is 8. The van der Waals surface area contributed by atoms with Crippen LogP contribution in [0.1, 0.15) is 55.7 Å². The minimum Gasteiger partial charge on any atom is -0.397 e. The minimum absolute atomic E-state index is 0.0243. The number of piperazine rings is 1.